The van der Waals surface area contributed by atoms with Gasteiger partial charge < -0.3 is 14.2 Å². The Hall–Kier alpha value is -3.47. The zero-order valence-electron chi connectivity index (χ0n) is 19.3. The molecule has 2 heterocycles. The van der Waals surface area contributed by atoms with E-state index in [-0.39, 0.29) is 10.7 Å². The maximum atomic E-state index is 13.2. The quantitative estimate of drug-likeness (QED) is 0.398. The van der Waals surface area contributed by atoms with Gasteiger partial charge in [0.05, 0.1) is 30.7 Å². The van der Waals surface area contributed by atoms with E-state index in [0.717, 1.165) is 43.6 Å². The number of ether oxygens (including phenoxy) is 3. The molecular weight excluding hydrogens is 468 g/mol. The minimum atomic E-state index is -3.88. The number of anilines is 1. The summed E-state index contributed by atoms with van der Waals surface area (Å²) >= 11 is 0. The summed E-state index contributed by atoms with van der Waals surface area (Å²) < 4.78 is 45.8. The van der Waals surface area contributed by atoms with Gasteiger partial charge in [0.2, 0.25) is 0 Å². The van der Waals surface area contributed by atoms with E-state index in [1.165, 1.54) is 6.33 Å². The van der Waals surface area contributed by atoms with Crippen molar-refractivity contribution in [3.8, 4) is 11.5 Å². The molecule has 0 aliphatic carbocycles. The predicted molar refractivity (Wildman–Crippen MR) is 134 cm³/mol. The summed E-state index contributed by atoms with van der Waals surface area (Å²) in [6.07, 6.45) is 1.32. The summed E-state index contributed by atoms with van der Waals surface area (Å²) in [5.74, 6) is 1.18. The number of benzene rings is 3. The second kappa shape index (κ2) is 10.0. The fourth-order valence-electron chi connectivity index (χ4n) is 4.05. The molecule has 1 aliphatic heterocycles. The molecule has 0 atom stereocenters. The number of fused-ring (bicyclic) bond motifs is 2. The average Bonchev–Trinajstić information content (AvgIpc) is 2.88. The summed E-state index contributed by atoms with van der Waals surface area (Å²) in [5, 5.41) is 2.31. The Balaban J connectivity index is 1.39. The van der Waals surface area contributed by atoms with E-state index >= 15 is 0 Å². The molecule has 1 aromatic heterocycles. The van der Waals surface area contributed by atoms with E-state index in [1.54, 1.807) is 37.4 Å². The Morgan fingerprint density at radius 3 is 2.60 bits per heavy atom. The number of aromatic nitrogens is 2. The molecule has 3 aromatic carbocycles. The van der Waals surface area contributed by atoms with Gasteiger partial charge in [-0.05, 0) is 29.0 Å². The highest BCUT2D eigenvalue weighted by Gasteiger charge is 2.19. The topological polar surface area (TPSA) is 103 Å². The van der Waals surface area contributed by atoms with Crippen LogP contribution in [0.2, 0.25) is 0 Å². The molecule has 1 fully saturated rings. The summed E-state index contributed by atoms with van der Waals surface area (Å²) in [4.78, 5) is 10.9. The largest absolute Gasteiger partial charge is 0.493 e. The highest BCUT2D eigenvalue weighted by atomic mass is 32.2. The van der Waals surface area contributed by atoms with Crippen molar-refractivity contribution >= 4 is 37.5 Å². The first-order valence-electron chi connectivity index (χ1n) is 11.3. The summed E-state index contributed by atoms with van der Waals surface area (Å²) in [7, 11) is -2.34. The monoisotopic (exact) mass is 494 g/mol. The SMILES string of the molecule is COc1cc2c(NS(=O)(=O)c3ccc4ccccc4c3)ncnc2cc1OCCN1CCOCC1. The summed E-state index contributed by atoms with van der Waals surface area (Å²) in [6, 6.07) is 16.0. The Morgan fingerprint density at radius 1 is 1.00 bits per heavy atom. The van der Waals surface area contributed by atoms with E-state index in [2.05, 4.69) is 19.6 Å². The molecule has 5 rings (SSSR count). The normalized spacial score (nSPS) is 14.8. The van der Waals surface area contributed by atoms with E-state index in [0.29, 0.717) is 29.0 Å². The van der Waals surface area contributed by atoms with Crippen LogP contribution in [-0.4, -0.2) is 69.9 Å². The van der Waals surface area contributed by atoms with Crippen LogP contribution in [0, 0.1) is 0 Å². The van der Waals surface area contributed by atoms with Gasteiger partial charge >= 0.3 is 0 Å². The second-order valence-electron chi connectivity index (χ2n) is 8.16. The van der Waals surface area contributed by atoms with Crippen molar-refractivity contribution in [2.45, 2.75) is 4.90 Å². The third-order valence-corrected chi connectivity index (χ3v) is 7.29. The van der Waals surface area contributed by atoms with Gasteiger partial charge in [0.25, 0.3) is 10.0 Å². The molecule has 0 radical (unpaired) electrons. The van der Waals surface area contributed by atoms with E-state index in [9.17, 15) is 8.42 Å². The van der Waals surface area contributed by atoms with Gasteiger partial charge in [0.1, 0.15) is 12.9 Å². The number of methoxy groups -OCH3 is 1. The average molecular weight is 495 g/mol. The minimum absolute atomic E-state index is 0.151. The maximum Gasteiger partial charge on any atom is 0.263 e. The molecule has 0 saturated carbocycles. The lowest BCUT2D eigenvalue weighted by molar-refractivity contribution is 0.0321. The van der Waals surface area contributed by atoms with Gasteiger partial charge in [0, 0.05) is 31.1 Å². The Labute approximate surface area is 203 Å². The Morgan fingerprint density at radius 2 is 1.80 bits per heavy atom. The molecule has 0 spiro atoms. The smallest absolute Gasteiger partial charge is 0.263 e. The van der Waals surface area contributed by atoms with Crippen LogP contribution in [0.5, 0.6) is 11.5 Å². The van der Waals surface area contributed by atoms with Crippen LogP contribution >= 0.6 is 0 Å². The molecule has 9 nitrogen and oxygen atoms in total. The first kappa shape index (κ1) is 23.3. The molecule has 0 amide bonds. The van der Waals surface area contributed by atoms with Crippen LogP contribution in [0.3, 0.4) is 0 Å². The number of rotatable bonds is 8. The third kappa shape index (κ3) is 5.14. The second-order valence-corrected chi connectivity index (χ2v) is 9.84. The zero-order valence-corrected chi connectivity index (χ0v) is 20.1. The molecule has 35 heavy (non-hydrogen) atoms. The number of nitrogens with one attached hydrogen (secondary N) is 1. The first-order valence-corrected chi connectivity index (χ1v) is 12.8. The van der Waals surface area contributed by atoms with Crippen molar-refractivity contribution in [3.05, 3.63) is 60.9 Å². The van der Waals surface area contributed by atoms with Crippen LogP contribution in [0.25, 0.3) is 21.7 Å². The van der Waals surface area contributed by atoms with Crippen molar-refractivity contribution in [1.82, 2.24) is 14.9 Å². The van der Waals surface area contributed by atoms with Gasteiger partial charge in [-0.25, -0.2) is 18.4 Å². The van der Waals surface area contributed by atoms with Gasteiger partial charge in [-0.1, -0.05) is 30.3 Å². The van der Waals surface area contributed by atoms with Crippen molar-refractivity contribution < 1.29 is 22.6 Å². The number of hydrogen-bond donors (Lipinski definition) is 1. The summed E-state index contributed by atoms with van der Waals surface area (Å²) in [5.41, 5.74) is 0.540. The van der Waals surface area contributed by atoms with Gasteiger partial charge in [0.15, 0.2) is 17.3 Å². The van der Waals surface area contributed by atoms with Gasteiger partial charge in [-0.15, -0.1) is 0 Å². The third-order valence-electron chi connectivity index (χ3n) is 5.95. The fourth-order valence-corrected chi connectivity index (χ4v) is 5.11. The van der Waals surface area contributed by atoms with E-state index < -0.39 is 10.0 Å². The van der Waals surface area contributed by atoms with Crippen molar-refractivity contribution in [2.24, 2.45) is 0 Å². The van der Waals surface area contributed by atoms with Crippen LogP contribution in [-0.2, 0) is 14.8 Å². The van der Waals surface area contributed by atoms with Crippen molar-refractivity contribution in [1.29, 1.82) is 0 Å². The lowest BCUT2D eigenvalue weighted by Gasteiger charge is -2.26. The molecular formula is C25H26N4O5S. The lowest BCUT2D eigenvalue weighted by Crippen LogP contribution is -2.38. The van der Waals surface area contributed by atoms with Crippen molar-refractivity contribution in [3.63, 3.8) is 0 Å². The fraction of sp³-hybridized carbons (Fsp3) is 0.280. The molecule has 0 unspecified atom stereocenters. The van der Waals surface area contributed by atoms with E-state index in [4.69, 9.17) is 14.2 Å². The Bertz CT molecular complexity index is 1460. The highest BCUT2D eigenvalue weighted by Crippen LogP contribution is 2.34. The zero-order chi connectivity index (χ0) is 24.3. The highest BCUT2D eigenvalue weighted by molar-refractivity contribution is 7.92. The molecule has 1 N–H and O–H groups in total. The molecule has 1 saturated heterocycles. The molecule has 4 aromatic rings. The molecule has 182 valence electrons. The minimum Gasteiger partial charge on any atom is -0.493 e. The molecule has 0 bridgehead atoms. The first-order chi connectivity index (χ1) is 17.0. The molecule has 1 aliphatic rings. The number of hydrogen-bond acceptors (Lipinski definition) is 8. The van der Waals surface area contributed by atoms with Crippen LogP contribution in [0.1, 0.15) is 0 Å². The van der Waals surface area contributed by atoms with Crippen LogP contribution < -0.4 is 14.2 Å². The van der Waals surface area contributed by atoms with Gasteiger partial charge in [-0.3, -0.25) is 9.62 Å². The number of morpholine rings is 1. The van der Waals surface area contributed by atoms with Crippen molar-refractivity contribution in [2.75, 3.05) is 51.3 Å². The standard InChI is InChI=1S/C25H26N4O5S/c1-32-23-15-21-22(16-24(23)34-13-10-29-8-11-33-12-9-29)26-17-27-25(21)28-35(30,31)20-7-6-18-4-2-3-5-19(18)14-20/h2-7,14-17H,8-13H2,1H3,(H,26,27,28). The maximum absolute atomic E-state index is 13.2. The predicted octanol–water partition coefficient (Wildman–Crippen LogP) is 3.30. The number of sulfonamides is 1. The number of nitrogens with zero attached hydrogens (tertiary/aromatic N) is 3. The Kier molecular flexibility index (Phi) is 6.67. The lowest BCUT2D eigenvalue weighted by atomic mass is 10.1. The van der Waals surface area contributed by atoms with Crippen LogP contribution in [0.15, 0.2) is 65.8 Å². The van der Waals surface area contributed by atoms with E-state index in [1.807, 2.05) is 24.3 Å². The molecule has 10 heteroatoms. The van der Waals surface area contributed by atoms with Gasteiger partial charge in [-0.2, -0.15) is 0 Å². The summed E-state index contributed by atoms with van der Waals surface area (Å²) in [6.45, 7) is 4.47. The van der Waals surface area contributed by atoms with Crippen LogP contribution in [0.4, 0.5) is 5.82 Å².